The van der Waals surface area contributed by atoms with Gasteiger partial charge in [-0.1, -0.05) is 6.07 Å². The molecule has 0 spiro atoms. The van der Waals surface area contributed by atoms with Gasteiger partial charge in [-0.3, -0.25) is 4.79 Å². The second kappa shape index (κ2) is 7.28. The Morgan fingerprint density at radius 3 is 2.76 bits per heavy atom. The molecular weight excluding hydrogens is 292 g/mol. The molecule has 1 aromatic carbocycles. The predicted molar refractivity (Wildman–Crippen MR) is 84.9 cm³/mol. The zero-order valence-electron chi connectivity index (χ0n) is 12.1. The van der Waals surface area contributed by atoms with Crippen molar-refractivity contribution in [1.82, 2.24) is 10.2 Å². The third-order valence-electron chi connectivity index (χ3n) is 3.67. The number of carbonyl (C=O) groups excluding carboxylic acids is 2. The second-order valence-electron chi connectivity index (χ2n) is 5.05. The van der Waals surface area contributed by atoms with Crippen molar-refractivity contribution in [2.45, 2.75) is 25.9 Å². The summed E-state index contributed by atoms with van der Waals surface area (Å²) in [6, 6.07) is 6.57. The topological polar surface area (TPSA) is 87.5 Å². The van der Waals surface area contributed by atoms with Crippen molar-refractivity contribution >= 4 is 30.0 Å². The first-order valence-electron chi connectivity index (χ1n) is 6.70. The number of hydrogen-bond donors (Lipinski definition) is 3. The minimum atomic E-state index is -0.640. The fraction of sp³-hybridized carbons (Fsp3) is 0.429. The molecule has 116 valence electrons. The van der Waals surface area contributed by atoms with Crippen molar-refractivity contribution in [3.05, 3.63) is 29.8 Å². The molecular formula is C14H21ClN4O2. The lowest BCUT2D eigenvalue weighted by Crippen LogP contribution is -2.57. The lowest BCUT2D eigenvalue weighted by atomic mass is 10.1. The van der Waals surface area contributed by atoms with Crippen molar-refractivity contribution < 1.29 is 9.59 Å². The van der Waals surface area contributed by atoms with Crippen LogP contribution < -0.4 is 16.4 Å². The van der Waals surface area contributed by atoms with E-state index in [1.165, 1.54) is 0 Å². The standard InChI is InChI=1S/C14H20N4O2.ClH/c1-9-10(2)18(7-6-16-9)13(19)11-4-3-5-12(8-11)17-14(15)20;/h3-5,8-10,16H,6-7H2,1-2H3,(H3,15,17,20);1H. The van der Waals surface area contributed by atoms with Crippen molar-refractivity contribution in [3.63, 3.8) is 0 Å². The van der Waals surface area contributed by atoms with E-state index < -0.39 is 6.03 Å². The van der Waals surface area contributed by atoms with Gasteiger partial charge in [-0.15, -0.1) is 12.4 Å². The van der Waals surface area contributed by atoms with Gasteiger partial charge in [0, 0.05) is 36.4 Å². The lowest BCUT2D eigenvalue weighted by Gasteiger charge is -2.38. The molecule has 2 rings (SSSR count). The maximum Gasteiger partial charge on any atom is 0.316 e. The summed E-state index contributed by atoms with van der Waals surface area (Å²) in [5.41, 5.74) is 6.16. The third-order valence-corrected chi connectivity index (χ3v) is 3.67. The Morgan fingerprint density at radius 2 is 2.10 bits per heavy atom. The van der Waals surface area contributed by atoms with Gasteiger partial charge in [0.15, 0.2) is 0 Å². The molecule has 3 amide bonds. The van der Waals surface area contributed by atoms with Gasteiger partial charge >= 0.3 is 6.03 Å². The Morgan fingerprint density at radius 1 is 1.38 bits per heavy atom. The molecule has 4 N–H and O–H groups in total. The summed E-state index contributed by atoms with van der Waals surface area (Å²) in [6.45, 7) is 5.56. The van der Waals surface area contributed by atoms with Crippen molar-refractivity contribution in [1.29, 1.82) is 0 Å². The number of amides is 3. The van der Waals surface area contributed by atoms with Gasteiger partial charge in [0.25, 0.3) is 5.91 Å². The largest absolute Gasteiger partial charge is 0.351 e. The first-order valence-corrected chi connectivity index (χ1v) is 6.70. The molecule has 7 heteroatoms. The fourth-order valence-electron chi connectivity index (χ4n) is 2.38. The molecule has 1 aliphatic rings. The van der Waals surface area contributed by atoms with Crippen LogP contribution in [0.3, 0.4) is 0 Å². The predicted octanol–water partition coefficient (Wildman–Crippen LogP) is 1.42. The van der Waals surface area contributed by atoms with Crippen LogP contribution in [0.25, 0.3) is 0 Å². The van der Waals surface area contributed by atoms with E-state index in [0.717, 1.165) is 6.54 Å². The lowest BCUT2D eigenvalue weighted by molar-refractivity contribution is 0.0603. The Balaban J connectivity index is 0.00000220. The maximum atomic E-state index is 12.5. The van der Waals surface area contributed by atoms with Crippen LogP contribution in [-0.4, -0.2) is 42.0 Å². The highest BCUT2D eigenvalue weighted by atomic mass is 35.5. The molecule has 1 heterocycles. The molecule has 21 heavy (non-hydrogen) atoms. The molecule has 0 bridgehead atoms. The highest BCUT2D eigenvalue weighted by Gasteiger charge is 2.28. The summed E-state index contributed by atoms with van der Waals surface area (Å²) in [5, 5.41) is 5.82. The van der Waals surface area contributed by atoms with Crippen molar-refractivity contribution in [2.75, 3.05) is 18.4 Å². The summed E-state index contributed by atoms with van der Waals surface area (Å²) in [6.07, 6.45) is 0. The number of nitrogens with one attached hydrogen (secondary N) is 2. The van der Waals surface area contributed by atoms with E-state index in [2.05, 4.69) is 17.6 Å². The minimum Gasteiger partial charge on any atom is -0.351 e. The zero-order valence-corrected chi connectivity index (χ0v) is 12.9. The van der Waals surface area contributed by atoms with E-state index in [0.29, 0.717) is 17.8 Å². The molecule has 0 radical (unpaired) electrons. The monoisotopic (exact) mass is 312 g/mol. The van der Waals surface area contributed by atoms with Gasteiger partial charge < -0.3 is 21.3 Å². The summed E-state index contributed by atoms with van der Waals surface area (Å²) in [7, 11) is 0. The molecule has 1 aromatic rings. The molecule has 0 aromatic heterocycles. The van der Waals surface area contributed by atoms with Gasteiger partial charge in [0.2, 0.25) is 0 Å². The number of primary amides is 1. The molecule has 1 saturated heterocycles. The van der Waals surface area contributed by atoms with Gasteiger partial charge in [-0.05, 0) is 32.0 Å². The van der Waals surface area contributed by atoms with E-state index in [1.807, 2.05) is 11.8 Å². The molecule has 0 aliphatic carbocycles. The Labute approximate surface area is 130 Å². The average Bonchev–Trinajstić information content (AvgIpc) is 2.41. The van der Waals surface area contributed by atoms with Crippen LogP contribution >= 0.6 is 12.4 Å². The van der Waals surface area contributed by atoms with Crippen LogP contribution in [0, 0.1) is 0 Å². The van der Waals surface area contributed by atoms with E-state index in [1.54, 1.807) is 24.3 Å². The number of carbonyl (C=O) groups is 2. The smallest absolute Gasteiger partial charge is 0.316 e. The number of anilines is 1. The highest BCUT2D eigenvalue weighted by Crippen LogP contribution is 2.16. The molecule has 2 atom stereocenters. The number of piperazine rings is 1. The van der Waals surface area contributed by atoms with Crippen LogP contribution in [0.1, 0.15) is 24.2 Å². The number of urea groups is 1. The van der Waals surface area contributed by atoms with Crippen molar-refractivity contribution in [2.24, 2.45) is 5.73 Å². The van der Waals surface area contributed by atoms with Crippen LogP contribution in [-0.2, 0) is 0 Å². The molecule has 1 fully saturated rings. The summed E-state index contributed by atoms with van der Waals surface area (Å²) in [4.78, 5) is 25.3. The van der Waals surface area contributed by atoms with E-state index in [4.69, 9.17) is 5.73 Å². The van der Waals surface area contributed by atoms with Crippen molar-refractivity contribution in [3.8, 4) is 0 Å². The fourth-order valence-corrected chi connectivity index (χ4v) is 2.38. The quantitative estimate of drug-likeness (QED) is 0.772. The Bertz CT molecular complexity index is 523. The minimum absolute atomic E-state index is 0. The highest BCUT2D eigenvalue weighted by molar-refractivity contribution is 5.97. The van der Waals surface area contributed by atoms with E-state index in [-0.39, 0.29) is 30.4 Å². The SMILES string of the molecule is CC1NCCN(C(=O)c2cccc(NC(N)=O)c2)C1C.Cl. The zero-order chi connectivity index (χ0) is 14.7. The van der Waals surface area contributed by atoms with Gasteiger partial charge in [0.1, 0.15) is 0 Å². The van der Waals surface area contributed by atoms with Gasteiger partial charge in [0.05, 0.1) is 0 Å². The number of nitrogens with zero attached hydrogens (tertiary/aromatic N) is 1. The summed E-state index contributed by atoms with van der Waals surface area (Å²) in [5.74, 6) is -0.0287. The number of halogens is 1. The molecule has 6 nitrogen and oxygen atoms in total. The summed E-state index contributed by atoms with van der Waals surface area (Å²) < 4.78 is 0. The molecule has 2 unspecified atom stereocenters. The van der Waals surface area contributed by atoms with Crippen LogP contribution in [0.2, 0.25) is 0 Å². The second-order valence-corrected chi connectivity index (χ2v) is 5.05. The number of hydrogen-bond acceptors (Lipinski definition) is 3. The van der Waals surface area contributed by atoms with Crippen LogP contribution in [0.15, 0.2) is 24.3 Å². The van der Waals surface area contributed by atoms with E-state index in [9.17, 15) is 9.59 Å². The van der Waals surface area contributed by atoms with Gasteiger partial charge in [-0.2, -0.15) is 0 Å². The molecule has 0 saturated carbocycles. The average molecular weight is 313 g/mol. The van der Waals surface area contributed by atoms with Crippen LogP contribution in [0.4, 0.5) is 10.5 Å². The first kappa shape index (κ1) is 17.3. The normalized spacial score (nSPS) is 21.3. The number of benzene rings is 1. The van der Waals surface area contributed by atoms with Gasteiger partial charge in [-0.25, -0.2) is 4.79 Å². The van der Waals surface area contributed by atoms with E-state index >= 15 is 0 Å². The number of rotatable bonds is 2. The Kier molecular flexibility index (Phi) is 5.99. The third kappa shape index (κ3) is 4.09. The maximum absolute atomic E-state index is 12.5. The number of nitrogens with two attached hydrogens (primary N) is 1. The van der Waals surface area contributed by atoms with Crippen LogP contribution in [0.5, 0.6) is 0 Å². The molecule has 1 aliphatic heterocycles. The summed E-state index contributed by atoms with van der Waals surface area (Å²) >= 11 is 0. The first-order chi connectivity index (χ1) is 9.49. The Hall–Kier alpha value is -1.79.